The molecule has 16 heavy (non-hydrogen) atoms. The molecule has 1 N–H and O–H groups in total. The number of anilines is 1. The number of ether oxygens (including phenoxy) is 1. The largest absolute Gasteiger partial charge is 0.495 e. The third-order valence-electron chi connectivity index (χ3n) is 3.22. The van der Waals surface area contributed by atoms with E-state index in [-0.39, 0.29) is 0 Å². The van der Waals surface area contributed by atoms with Gasteiger partial charge in [-0.2, -0.15) is 0 Å². The van der Waals surface area contributed by atoms with Gasteiger partial charge in [0.05, 0.1) is 12.8 Å². The number of nitrogens with one attached hydrogen (secondary N) is 1. The summed E-state index contributed by atoms with van der Waals surface area (Å²) < 4.78 is 5.29. The highest BCUT2D eigenvalue weighted by molar-refractivity contribution is 6.30. The summed E-state index contributed by atoms with van der Waals surface area (Å²) in [6, 6.07) is 5.68. The van der Waals surface area contributed by atoms with Crippen LogP contribution in [0.3, 0.4) is 0 Å². The monoisotopic (exact) mass is 239 g/mol. The maximum atomic E-state index is 5.97. The van der Waals surface area contributed by atoms with Crippen molar-refractivity contribution in [1.29, 1.82) is 0 Å². The molecule has 1 aromatic carbocycles. The van der Waals surface area contributed by atoms with Crippen LogP contribution < -0.4 is 10.1 Å². The fourth-order valence-electron chi connectivity index (χ4n) is 2.29. The Kier molecular flexibility index (Phi) is 3.94. The van der Waals surface area contributed by atoms with Gasteiger partial charge in [-0.3, -0.25) is 0 Å². The zero-order valence-electron chi connectivity index (χ0n) is 9.63. The van der Waals surface area contributed by atoms with Gasteiger partial charge in [0.15, 0.2) is 0 Å². The van der Waals surface area contributed by atoms with Crippen molar-refractivity contribution >= 4 is 17.3 Å². The molecule has 1 saturated carbocycles. The highest BCUT2D eigenvalue weighted by atomic mass is 35.5. The molecule has 1 aliphatic rings. The summed E-state index contributed by atoms with van der Waals surface area (Å²) in [6.45, 7) is 1.02. The van der Waals surface area contributed by atoms with Crippen LogP contribution in [0.25, 0.3) is 0 Å². The van der Waals surface area contributed by atoms with Gasteiger partial charge in [0.25, 0.3) is 0 Å². The second kappa shape index (κ2) is 5.44. The van der Waals surface area contributed by atoms with Crippen LogP contribution in [0.15, 0.2) is 18.2 Å². The third-order valence-corrected chi connectivity index (χ3v) is 3.45. The number of hydrogen-bond donors (Lipinski definition) is 1. The lowest BCUT2D eigenvalue weighted by Gasteiger charge is -2.14. The number of benzene rings is 1. The molecule has 0 saturated heterocycles. The summed E-state index contributed by atoms with van der Waals surface area (Å²) in [5.41, 5.74) is 1.00. The molecule has 0 heterocycles. The number of halogens is 1. The molecule has 0 atom stereocenters. The molecular formula is C13H18ClNO. The summed E-state index contributed by atoms with van der Waals surface area (Å²) in [5.74, 6) is 1.67. The lowest BCUT2D eigenvalue weighted by molar-refractivity contribution is 0.416. The number of rotatable bonds is 4. The average Bonchev–Trinajstić information content (AvgIpc) is 2.79. The quantitative estimate of drug-likeness (QED) is 0.859. The molecule has 2 nitrogen and oxygen atoms in total. The number of hydrogen-bond acceptors (Lipinski definition) is 2. The van der Waals surface area contributed by atoms with Gasteiger partial charge in [0, 0.05) is 11.6 Å². The van der Waals surface area contributed by atoms with Gasteiger partial charge in [-0.25, -0.2) is 0 Å². The summed E-state index contributed by atoms with van der Waals surface area (Å²) in [4.78, 5) is 0. The first-order valence-electron chi connectivity index (χ1n) is 5.87. The minimum Gasteiger partial charge on any atom is -0.495 e. The van der Waals surface area contributed by atoms with E-state index >= 15 is 0 Å². The Morgan fingerprint density at radius 3 is 2.81 bits per heavy atom. The minimum absolute atomic E-state index is 0.745. The summed E-state index contributed by atoms with van der Waals surface area (Å²) >= 11 is 5.97. The Labute approximate surface area is 102 Å². The van der Waals surface area contributed by atoms with Crippen LogP contribution in [-0.2, 0) is 0 Å². The van der Waals surface area contributed by atoms with E-state index in [9.17, 15) is 0 Å². The second-order valence-corrected chi connectivity index (χ2v) is 4.81. The predicted octanol–water partition coefficient (Wildman–Crippen LogP) is 3.95. The minimum atomic E-state index is 0.745. The topological polar surface area (TPSA) is 21.3 Å². The van der Waals surface area contributed by atoms with Gasteiger partial charge >= 0.3 is 0 Å². The first kappa shape index (κ1) is 11.6. The Morgan fingerprint density at radius 1 is 1.38 bits per heavy atom. The molecule has 0 amide bonds. The van der Waals surface area contributed by atoms with Crippen LogP contribution in [0.4, 0.5) is 5.69 Å². The van der Waals surface area contributed by atoms with Crippen molar-refractivity contribution in [2.75, 3.05) is 19.0 Å². The van der Waals surface area contributed by atoms with Crippen molar-refractivity contribution in [1.82, 2.24) is 0 Å². The summed E-state index contributed by atoms with van der Waals surface area (Å²) in [5, 5.41) is 4.18. The van der Waals surface area contributed by atoms with Crippen molar-refractivity contribution in [2.24, 2.45) is 5.92 Å². The molecule has 0 radical (unpaired) electrons. The summed E-state index contributed by atoms with van der Waals surface area (Å²) in [6.07, 6.45) is 5.43. The molecule has 1 fully saturated rings. The zero-order valence-corrected chi connectivity index (χ0v) is 10.4. The Morgan fingerprint density at radius 2 is 2.12 bits per heavy atom. The highest BCUT2D eigenvalue weighted by Gasteiger charge is 2.15. The van der Waals surface area contributed by atoms with Crippen molar-refractivity contribution in [3.63, 3.8) is 0 Å². The molecule has 0 aliphatic heterocycles. The van der Waals surface area contributed by atoms with Crippen molar-refractivity contribution < 1.29 is 4.74 Å². The molecule has 0 unspecified atom stereocenters. The van der Waals surface area contributed by atoms with E-state index in [1.54, 1.807) is 7.11 Å². The van der Waals surface area contributed by atoms with Crippen LogP contribution in [0.1, 0.15) is 25.7 Å². The van der Waals surface area contributed by atoms with E-state index in [4.69, 9.17) is 16.3 Å². The average molecular weight is 240 g/mol. The summed E-state index contributed by atoms with van der Waals surface area (Å²) in [7, 11) is 1.68. The fraction of sp³-hybridized carbons (Fsp3) is 0.538. The first-order chi connectivity index (χ1) is 7.79. The van der Waals surface area contributed by atoms with Gasteiger partial charge in [0.1, 0.15) is 5.75 Å². The lowest BCUT2D eigenvalue weighted by atomic mass is 10.1. The molecule has 0 bridgehead atoms. The molecule has 1 aliphatic carbocycles. The molecule has 3 heteroatoms. The third kappa shape index (κ3) is 2.82. The van der Waals surface area contributed by atoms with E-state index in [0.717, 1.165) is 28.9 Å². The SMILES string of the molecule is COc1ccc(Cl)cc1NCC1CCCC1. The van der Waals surface area contributed by atoms with Gasteiger partial charge in [-0.15, -0.1) is 0 Å². The molecule has 1 aromatic rings. The highest BCUT2D eigenvalue weighted by Crippen LogP contribution is 2.30. The normalized spacial score (nSPS) is 16.4. The molecular weight excluding hydrogens is 222 g/mol. The van der Waals surface area contributed by atoms with Gasteiger partial charge < -0.3 is 10.1 Å². The van der Waals surface area contributed by atoms with Gasteiger partial charge in [-0.1, -0.05) is 24.4 Å². The number of methoxy groups -OCH3 is 1. The van der Waals surface area contributed by atoms with E-state index in [1.807, 2.05) is 18.2 Å². The zero-order chi connectivity index (χ0) is 11.4. The van der Waals surface area contributed by atoms with Crippen LogP contribution in [-0.4, -0.2) is 13.7 Å². The Balaban J connectivity index is 1.98. The lowest BCUT2D eigenvalue weighted by Crippen LogP contribution is -2.11. The van der Waals surface area contributed by atoms with Gasteiger partial charge in [0.2, 0.25) is 0 Å². The maximum absolute atomic E-state index is 5.97. The van der Waals surface area contributed by atoms with Crippen LogP contribution in [0.5, 0.6) is 5.75 Å². The maximum Gasteiger partial charge on any atom is 0.142 e. The van der Waals surface area contributed by atoms with Crippen molar-refractivity contribution in [3.8, 4) is 5.75 Å². The second-order valence-electron chi connectivity index (χ2n) is 4.38. The fourth-order valence-corrected chi connectivity index (χ4v) is 2.46. The van der Waals surface area contributed by atoms with Gasteiger partial charge in [-0.05, 0) is 37.0 Å². The standard InChI is InChI=1S/C13H18ClNO/c1-16-13-7-6-11(14)8-12(13)15-9-10-4-2-3-5-10/h6-8,10,15H,2-5,9H2,1H3. The van der Waals surface area contributed by atoms with E-state index in [1.165, 1.54) is 25.7 Å². The smallest absolute Gasteiger partial charge is 0.142 e. The molecule has 0 spiro atoms. The van der Waals surface area contributed by atoms with E-state index < -0.39 is 0 Å². The van der Waals surface area contributed by atoms with Crippen LogP contribution in [0.2, 0.25) is 5.02 Å². The van der Waals surface area contributed by atoms with Crippen molar-refractivity contribution in [3.05, 3.63) is 23.2 Å². The van der Waals surface area contributed by atoms with Crippen LogP contribution >= 0.6 is 11.6 Å². The molecule has 2 rings (SSSR count). The predicted molar refractivity (Wildman–Crippen MR) is 68.5 cm³/mol. The van der Waals surface area contributed by atoms with Crippen molar-refractivity contribution in [2.45, 2.75) is 25.7 Å². The van der Waals surface area contributed by atoms with Crippen LogP contribution in [0, 0.1) is 5.92 Å². The Hall–Kier alpha value is -0.890. The molecule has 0 aromatic heterocycles. The first-order valence-corrected chi connectivity index (χ1v) is 6.25. The molecule has 88 valence electrons. The van der Waals surface area contributed by atoms with E-state index in [0.29, 0.717) is 0 Å². The van der Waals surface area contributed by atoms with E-state index in [2.05, 4.69) is 5.32 Å². The Bertz CT molecular complexity index is 348.